The van der Waals surface area contributed by atoms with E-state index in [1.807, 2.05) is 0 Å². The maximum atomic E-state index is 13.5. The molecular weight excluding hydrogens is 267 g/mol. The summed E-state index contributed by atoms with van der Waals surface area (Å²) in [6, 6.07) is 2.55. The van der Waals surface area contributed by atoms with Gasteiger partial charge in [0.25, 0.3) is 5.78 Å². The van der Waals surface area contributed by atoms with E-state index in [-0.39, 0.29) is 11.6 Å². The molecule has 0 fully saturated rings. The second-order valence-electron chi connectivity index (χ2n) is 2.99. The minimum Gasteiger partial charge on any atom is -0.460 e. The van der Waals surface area contributed by atoms with Gasteiger partial charge >= 0.3 is 5.97 Å². The molecule has 17 heavy (non-hydrogen) atoms. The average Bonchev–Trinajstić information content (AvgIpc) is 2.29. The highest BCUT2D eigenvalue weighted by atomic mass is 35.5. The molecule has 0 heterocycles. The van der Waals surface area contributed by atoms with Crippen LogP contribution >= 0.6 is 23.4 Å². The number of halogens is 2. The number of carbonyl (C=O) groups is 2. The van der Waals surface area contributed by atoms with E-state index in [1.54, 1.807) is 13.2 Å². The van der Waals surface area contributed by atoms with E-state index < -0.39 is 23.1 Å². The number of rotatable bonds is 4. The Morgan fingerprint density at radius 1 is 1.47 bits per heavy atom. The molecule has 6 heteroatoms. The van der Waals surface area contributed by atoms with Crippen LogP contribution in [0.15, 0.2) is 17.0 Å². The highest BCUT2D eigenvalue weighted by molar-refractivity contribution is 7.98. The molecule has 0 aliphatic heterocycles. The van der Waals surface area contributed by atoms with Gasteiger partial charge in [-0.3, -0.25) is 4.79 Å². The third-order valence-electron chi connectivity index (χ3n) is 1.96. The highest BCUT2D eigenvalue weighted by Crippen LogP contribution is 2.30. The first kappa shape index (κ1) is 14.0. The van der Waals surface area contributed by atoms with E-state index in [1.165, 1.54) is 17.8 Å². The zero-order valence-corrected chi connectivity index (χ0v) is 10.8. The van der Waals surface area contributed by atoms with E-state index in [0.29, 0.717) is 4.90 Å². The summed E-state index contributed by atoms with van der Waals surface area (Å²) < 4.78 is 18.0. The second kappa shape index (κ2) is 6.02. The Bertz CT molecular complexity index is 462. The van der Waals surface area contributed by atoms with Crippen LogP contribution in [0.1, 0.15) is 17.3 Å². The lowest BCUT2D eigenvalue weighted by molar-refractivity contribution is -0.137. The van der Waals surface area contributed by atoms with Crippen molar-refractivity contribution in [2.45, 2.75) is 11.8 Å². The van der Waals surface area contributed by atoms with Gasteiger partial charge in [0.15, 0.2) is 0 Å². The molecule has 0 amide bonds. The standard InChI is InChI=1S/C11H10ClFO3S/c1-3-16-11(15)10(14)8-6(13)4-5-7(17-2)9(8)12/h4-5H,3H2,1-2H3. The third-order valence-corrected chi connectivity index (χ3v) is 3.25. The lowest BCUT2D eigenvalue weighted by atomic mass is 10.1. The van der Waals surface area contributed by atoms with Crippen LogP contribution in [0.3, 0.4) is 0 Å². The van der Waals surface area contributed by atoms with Crippen LogP contribution in [0.25, 0.3) is 0 Å². The molecule has 92 valence electrons. The summed E-state index contributed by atoms with van der Waals surface area (Å²) in [4.78, 5) is 23.4. The molecule has 0 saturated carbocycles. The SMILES string of the molecule is CCOC(=O)C(=O)c1c(F)ccc(SC)c1Cl. The van der Waals surface area contributed by atoms with Gasteiger partial charge in [0, 0.05) is 4.90 Å². The molecule has 1 aromatic rings. The van der Waals surface area contributed by atoms with Gasteiger partial charge in [-0.05, 0) is 25.3 Å². The zero-order valence-electron chi connectivity index (χ0n) is 9.25. The van der Waals surface area contributed by atoms with Gasteiger partial charge in [0.05, 0.1) is 17.2 Å². The van der Waals surface area contributed by atoms with Crippen LogP contribution in [0.4, 0.5) is 4.39 Å². The van der Waals surface area contributed by atoms with E-state index in [0.717, 1.165) is 6.07 Å². The van der Waals surface area contributed by atoms with Crippen molar-refractivity contribution in [3.63, 3.8) is 0 Å². The van der Waals surface area contributed by atoms with Crippen molar-refractivity contribution in [1.29, 1.82) is 0 Å². The minimum atomic E-state index is -1.11. The number of ether oxygens (including phenoxy) is 1. The second-order valence-corrected chi connectivity index (χ2v) is 4.21. The van der Waals surface area contributed by atoms with Gasteiger partial charge in [0.2, 0.25) is 0 Å². The Kier molecular flexibility index (Phi) is 4.96. The Hall–Kier alpha value is -1.07. The van der Waals surface area contributed by atoms with Crippen LogP contribution in [0.5, 0.6) is 0 Å². The monoisotopic (exact) mass is 276 g/mol. The van der Waals surface area contributed by atoms with Gasteiger partial charge in [-0.2, -0.15) is 0 Å². The van der Waals surface area contributed by atoms with Gasteiger partial charge in [-0.15, -0.1) is 11.8 Å². The molecule has 0 unspecified atom stereocenters. The number of carbonyl (C=O) groups excluding carboxylic acids is 2. The van der Waals surface area contributed by atoms with Crippen molar-refractivity contribution in [3.8, 4) is 0 Å². The summed E-state index contributed by atoms with van der Waals surface area (Å²) in [5.74, 6) is -3.00. The fourth-order valence-corrected chi connectivity index (χ4v) is 2.15. The minimum absolute atomic E-state index is 0.0476. The van der Waals surface area contributed by atoms with Crippen molar-refractivity contribution >= 4 is 35.1 Å². The molecule has 0 spiro atoms. The molecule has 0 aliphatic rings. The highest BCUT2D eigenvalue weighted by Gasteiger charge is 2.25. The topological polar surface area (TPSA) is 43.4 Å². The molecule has 1 rings (SSSR count). The van der Waals surface area contributed by atoms with Gasteiger partial charge in [0.1, 0.15) is 5.82 Å². The first-order valence-electron chi connectivity index (χ1n) is 4.76. The summed E-state index contributed by atoms with van der Waals surface area (Å²) in [5.41, 5.74) is -0.433. The zero-order chi connectivity index (χ0) is 13.0. The number of esters is 1. The van der Waals surface area contributed by atoms with Gasteiger partial charge in [-0.1, -0.05) is 11.6 Å². The Labute approximate surface area is 107 Å². The smallest absolute Gasteiger partial charge is 0.379 e. The van der Waals surface area contributed by atoms with Crippen LogP contribution in [0, 0.1) is 5.82 Å². The molecule has 0 aromatic heterocycles. The lowest BCUT2D eigenvalue weighted by Gasteiger charge is -2.07. The fraction of sp³-hybridized carbons (Fsp3) is 0.273. The maximum Gasteiger partial charge on any atom is 0.379 e. The molecule has 0 aliphatic carbocycles. The number of hydrogen-bond acceptors (Lipinski definition) is 4. The van der Waals surface area contributed by atoms with E-state index in [2.05, 4.69) is 4.74 Å². The molecule has 0 saturated heterocycles. The summed E-state index contributed by atoms with van der Waals surface area (Å²) in [6.07, 6.45) is 1.73. The molecule has 0 atom stereocenters. The van der Waals surface area contributed by atoms with Crippen molar-refractivity contribution in [2.24, 2.45) is 0 Å². The summed E-state index contributed by atoms with van der Waals surface area (Å²) >= 11 is 7.12. The third kappa shape index (κ3) is 2.98. The average molecular weight is 277 g/mol. The number of hydrogen-bond donors (Lipinski definition) is 0. The number of ketones is 1. The summed E-state index contributed by atoms with van der Waals surface area (Å²) in [7, 11) is 0. The number of Topliss-reactive ketones (excluding diaryl/α,β-unsaturated/α-hetero) is 1. The van der Waals surface area contributed by atoms with E-state index in [4.69, 9.17) is 11.6 Å². The molecule has 0 N–H and O–H groups in total. The van der Waals surface area contributed by atoms with E-state index in [9.17, 15) is 14.0 Å². The van der Waals surface area contributed by atoms with E-state index >= 15 is 0 Å². The normalized spacial score (nSPS) is 10.1. The Balaban J connectivity index is 3.21. The maximum absolute atomic E-state index is 13.5. The first-order valence-corrected chi connectivity index (χ1v) is 6.36. The Morgan fingerprint density at radius 3 is 2.65 bits per heavy atom. The quantitative estimate of drug-likeness (QED) is 0.367. The van der Waals surface area contributed by atoms with Gasteiger partial charge in [-0.25, -0.2) is 9.18 Å². The van der Waals surface area contributed by atoms with Gasteiger partial charge < -0.3 is 4.74 Å². The lowest BCUT2D eigenvalue weighted by Crippen LogP contribution is -2.19. The van der Waals surface area contributed by atoms with Crippen LogP contribution in [-0.2, 0) is 9.53 Å². The molecule has 1 aromatic carbocycles. The summed E-state index contributed by atoms with van der Waals surface area (Å²) in [5, 5.41) is -0.0597. The predicted octanol–water partition coefficient (Wildman–Crippen LogP) is 2.95. The van der Waals surface area contributed by atoms with Crippen molar-refractivity contribution in [1.82, 2.24) is 0 Å². The first-order chi connectivity index (χ1) is 8.02. The van der Waals surface area contributed by atoms with Crippen LogP contribution < -0.4 is 0 Å². The van der Waals surface area contributed by atoms with Crippen molar-refractivity contribution in [3.05, 3.63) is 28.5 Å². The molecule has 3 nitrogen and oxygen atoms in total. The fourth-order valence-electron chi connectivity index (χ4n) is 1.20. The Morgan fingerprint density at radius 2 is 2.12 bits per heavy atom. The molecular formula is C11H10ClFO3S. The summed E-state index contributed by atoms with van der Waals surface area (Å²) in [6.45, 7) is 1.60. The van der Waals surface area contributed by atoms with Crippen molar-refractivity contribution < 1.29 is 18.7 Å². The number of thioether (sulfide) groups is 1. The molecule has 0 radical (unpaired) electrons. The van der Waals surface area contributed by atoms with Crippen molar-refractivity contribution in [2.75, 3.05) is 12.9 Å². The van der Waals surface area contributed by atoms with Crippen LogP contribution in [0.2, 0.25) is 5.02 Å². The predicted molar refractivity (Wildman–Crippen MR) is 64.2 cm³/mol. The van der Waals surface area contributed by atoms with Crippen LogP contribution in [-0.4, -0.2) is 24.6 Å². The largest absolute Gasteiger partial charge is 0.460 e. The molecule has 0 bridgehead atoms. The number of benzene rings is 1.